The summed E-state index contributed by atoms with van der Waals surface area (Å²) in [6.07, 6.45) is -1.12. The summed E-state index contributed by atoms with van der Waals surface area (Å²) in [5.41, 5.74) is 0.669. The minimum absolute atomic E-state index is 0.0101. The van der Waals surface area contributed by atoms with Crippen LogP contribution in [0.3, 0.4) is 0 Å². The van der Waals surface area contributed by atoms with Gasteiger partial charge in [0, 0.05) is 18.7 Å². The van der Waals surface area contributed by atoms with E-state index < -0.39 is 11.0 Å². The van der Waals surface area contributed by atoms with E-state index in [-0.39, 0.29) is 12.2 Å². The molecule has 0 saturated carbocycles. The van der Waals surface area contributed by atoms with Crippen LogP contribution in [0.2, 0.25) is 0 Å². The van der Waals surface area contributed by atoms with Gasteiger partial charge in [0.2, 0.25) is 0 Å². The molecule has 0 aromatic heterocycles. The van der Waals surface area contributed by atoms with Crippen molar-refractivity contribution in [1.29, 1.82) is 0 Å². The highest BCUT2D eigenvalue weighted by atomic mass is 16.6. The molecule has 0 aliphatic carbocycles. The van der Waals surface area contributed by atoms with Crippen molar-refractivity contribution in [3.63, 3.8) is 0 Å². The standard InChI is InChI=1S/C8H8N2O4/c11-8(12)9-5-6-1-3-7(4-2-6)10(13)14/h1-4,9H,5H2,(H,11,12). The van der Waals surface area contributed by atoms with Gasteiger partial charge in [-0.2, -0.15) is 0 Å². The number of carboxylic acid groups (broad SMARTS) is 1. The van der Waals surface area contributed by atoms with Gasteiger partial charge in [-0.05, 0) is 5.56 Å². The van der Waals surface area contributed by atoms with Gasteiger partial charge in [0.25, 0.3) is 5.69 Å². The number of rotatable bonds is 3. The molecule has 0 radical (unpaired) electrons. The highest BCUT2D eigenvalue weighted by Crippen LogP contribution is 2.11. The zero-order chi connectivity index (χ0) is 10.6. The smallest absolute Gasteiger partial charge is 0.404 e. The van der Waals surface area contributed by atoms with E-state index >= 15 is 0 Å². The number of non-ortho nitro benzene ring substituents is 1. The fourth-order valence-electron chi connectivity index (χ4n) is 0.913. The molecule has 2 N–H and O–H groups in total. The fraction of sp³-hybridized carbons (Fsp3) is 0.125. The first-order chi connectivity index (χ1) is 6.59. The lowest BCUT2D eigenvalue weighted by molar-refractivity contribution is -0.384. The van der Waals surface area contributed by atoms with Crippen LogP contribution in [0.1, 0.15) is 5.56 Å². The maximum absolute atomic E-state index is 10.3. The third-order valence-corrected chi connectivity index (χ3v) is 1.59. The van der Waals surface area contributed by atoms with Gasteiger partial charge in [0.15, 0.2) is 0 Å². The van der Waals surface area contributed by atoms with E-state index in [1.54, 1.807) is 0 Å². The predicted octanol–water partition coefficient (Wildman–Crippen LogP) is 1.36. The summed E-state index contributed by atoms with van der Waals surface area (Å²) >= 11 is 0. The fourth-order valence-corrected chi connectivity index (χ4v) is 0.913. The highest BCUT2D eigenvalue weighted by molar-refractivity contribution is 5.64. The predicted molar refractivity (Wildman–Crippen MR) is 48.0 cm³/mol. The summed E-state index contributed by atoms with van der Waals surface area (Å²) < 4.78 is 0. The van der Waals surface area contributed by atoms with E-state index in [1.807, 2.05) is 0 Å². The van der Waals surface area contributed by atoms with Crippen LogP contribution in [-0.4, -0.2) is 16.1 Å². The van der Waals surface area contributed by atoms with Crippen LogP contribution in [0.5, 0.6) is 0 Å². The highest BCUT2D eigenvalue weighted by Gasteiger charge is 2.03. The van der Waals surface area contributed by atoms with Crippen LogP contribution in [0, 0.1) is 10.1 Å². The molecule has 1 aromatic carbocycles. The van der Waals surface area contributed by atoms with Crippen molar-refractivity contribution in [2.45, 2.75) is 6.54 Å². The van der Waals surface area contributed by atoms with E-state index in [0.717, 1.165) is 0 Å². The minimum atomic E-state index is -1.12. The second kappa shape index (κ2) is 4.22. The Hall–Kier alpha value is -2.11. The van der Waals surface area contributed by atoms with Crippen molar-refractivity contribution in [2.24, 2.45) is 0 Å². The monoisotopic (exact) mass is 196 g/mol. The molecule has 0 spiro atoms. The van der Waals surface area contributed by atoms with Crippen molar-refractivity contribution in [1.82, 2.24) is 5.32 Å². The van der Waals surface area contributed by atoms with Crippen molar-refractivity contribution in [3.05, 3.63) is 39.9 Å². The number of nitrogens with zero attached hydrogens (tertiary/aromatic N) is 1. The Kier molecular flexibility index (Phi) is 3.01. The molecule has 0 bridgehead atoms. The van der Waals surface area contributed by atoms with Gasteiger partial charge in [-0.3, -0.25) is 10.1 Å². The number of hydrogen-bond acceptors (Lipinski definition) is 3. The quantitative estimate of drug-likeness (QED) is 0.563. The molecule has 74 valence electrons. The molecule has 1 amide bonds. The minimum Gasteiger partial charge on any atom is -0.465 e. The number of carbonyl (C=O) groups is 1. The number of amides is 1. The molecule has 0 aliphatic heterocycles. The van der Waals surface area contributed by atoms with Crippen molar-refractivity contribution in [2.75, 3.05) is 0 Å². The van der Waals surface area contributed by atoms with E-state index in [1.165, 1.54) is 24.3 Å². The van der Waals surface area contributed by atoms with Gasteiger partial charge >= 0.3 is 6.09 Å². The molecule has 0 saturated heterocycles. The third-order valence-electron chi connectivity index (χ3n) is 1.59. The molecule has 0 unspecified atom stereocenters. The number of nitro benzene ring substituents is 1. The molecule has 14 heavy (non-hydrogen) atoms. The van der Waals surface area contributed by atoms with Crippen molar-refractivity contribution >= 4 is 11.8 Å². The van der Waals surface area contributed by atoms with Gasteiger partial charge in [-0.1, -0.05) is 12.1 Å². The molecular weight excluding hydrogens is 188 g/mol. The van der Waals surface area contributed by atoms with Gasteiger partial charge in [-0.25, -0.2) is 4.79 Å². The summed E-state index contributed by atoms with van der Waals surface area (Å²) in [6, 6.07) is 5.68. The molecule has 0 fully saturated rings. The normalized spacial score (nSPS) is 9.43. The maximum atomic E-state index is 10.3. The summed E-state index contributed by atoms with van der Waals surface area (Å²) in [5.74, 6) is 0. The second-order valence-electron chi connectivity index (χ2n) is 2.58. The van der Waals surface area contributed by atoms with Crippen LogP contribution in [0.25, 0.3) is 0 Å². The van der Waals surface area contributed by atoms with E-state index in [9.17, 15) is 14.9 Å². The molecule has 6 heteroatoms. The summed E-state index contributed by atoms with van der Waals surface area (Å²) in [5, 5.41) is 20.7. The van der Waals surface area contributed by atoms with E-state index in [4.69, 9.17) is 5.11 Å². The van der Waals surface area contributed by atoms with Crippen LogP contribution in [0.15, 0.2) is 24.3 Å². The summed E-state index contributed by atoms with van der Waals surface area (Å²) in [4.78, 5) is 19.9. The molecule has 0 heterocycles. The van der Waals surface area contributed by atoms with Crippen molar-refractivity contribution < 1.29 is 14.8 Å². The zero-order valence-corrected chi connectivity index (χ0v) is 7.14. The Balaban J connectivity index is 2.64. The first-order valence-electron chi connectivity index (χ1n) is 3.79. The van der Waals surface area contributed by atoms with Crippen LogP contribution < -0.4 is 5.32 Å². The first-order valence-corrected chi connectivity index (χ1v) is 3.79. The number of nitro groups is 1. The third kappa shape index (κ3) is 2.74. The summed E-state index contributed by atoms with van der Waals surface area (Å²) in [7, 11) is 0. The molecule has 1 aromatic rings. The lowest BCUT2D eigenvalue weighted by Crippen LogP contribution is -2.19. The zero-order valence-electron chi connectivity index (χ0n) is 7.14. The Morgan fingerprint density at radius 3 is 2.43 bits per heavy atom. The number of benzene rings is 1. The van der Waals surface area contributed by atoms with Gasteiger partial charge in [-0.15, -0.1) is 0 Å². The Bertz CT molecular complexity index is 347. The van der Waals surface area contributed by atoms with E-state index in [0.29, 0.717) is 5.56 Å². The topological polar surface area (TPSA) is 92.5 Å². The Morgan fingerprint density at radius 1 is 1.43 bits per heavy atom. The Labute approximate surface area is 79.3 Å². The van der Waals surface area contributed by atoms with Crippen LogP contribution in [-0.2, 0) is 6.54 Å². The molecule has 0 aliphatic rings. The van der Waals surface area contributed by atoms with E-state index in [2.05, 4.69) is 5.32 Å². The Morgan fingerprint density at radius 2 is 2.00 bits per heavy atom. The second-order valence-corrected chi connectivity index (χ2v) is 2.58. The van der Waals surface area contributed by atoms with Gasteiger partial charge in [0.1, 0.15) is 0 Å². The van der Waals surface area contributed by atoms with Gasteiger partial charge < -0.3 is 10.4 Å². The lowest BCUT2D eigenvalue weighted by Gasteiger charge is -1.99. The average molecular weight is 196 g/mol. The molecule has 1 rings (SSSR count). The summed E-state index contributed by atoms with van der Waals surface area (Å²) in [6.45, 7) is 0.146. The largest absolute Gasteiger partial charge is 0.465 e. The molecular formula is C8H8N2O4. The van der Waals surface area contributed by atoms with Crippen LogP contribution in [0.4, 0.5) is 10.5 Å². The van der Waals surface area contributed by atoms with Crippen molar-refractivity contribution in [3.8, 4) is 0 Å². The van der Waals surface area contributed by atoms with Crippen LogP contribution >= 0.6 is 0 Å². The first kappa shape index (κ1) is 9.97. The van der Waals surface area contributed by atoms with Gasteiger partial charge in [0.05, 0.1) is 4.92 Å². The lowest BCUT2D eigenvalue weighted by atomic mass is 10.2. The number of hydrogen-bond donors (Lipinski definition) is 2. The SMILES string of the molecule is O=C(O)NCc1ccc([N+](=O)[O-])cc1. The molecule has 0 atom stereocenters. The molecule has 6 nitrogen and oxygen atoms in total. The number of nitrogens with one attached hydrogen (secondary N) is 1. The average Bonchev–Trinajstić information content (AvgIpc) is 2.15. The maximum Gasteiger partial charge on any atom is 0.404 e.